The second kappa shape index (κ2) is 6.36. The Labute approximate surface area is 106 Å². The molecule has 0 amide bonds. The maximum Gasteiger partial charge on any atom is 0.293 e. The van der Waals surface area contributed by atoms with E-state index in [0.717, 1.165) is 6.54 Å². The molecule has 0 saturated heterocycles. The lowest BCUT2D eigenvalue weighted by atomic mass is 10.4. The maximum absolute atomic E-state index is 11.9. The fourth-order valence-corrected chi connectivity index (χ4v) is 1.39. The van der Waals surface area contributed by atoms with Gasteiger partial charge in [-0.2, -0.15) is 0 Å². The van der Waals surface area contributed by atoms with Gasteiger partial charge in [-0.1, -0.05) is 12.2 Å². The summed E-state index contributed by atoms with van der Waals surface area (Å²) in [7, 11) is 3.89. The summed E-state index contributed by atoms with van der Waals surface area (Å²) in [5, 5.41) is 0. The van der Waals surface area contributed by atoms with Gasteiger partial charge in [-0.3, -0.25) is 4.79 Å². The van der Waals surface area contributed by atoms with Gasteiger partial charge in [0.05, 0.1) is 11.5 Å². The van der Waals surface area contributed by atoms with Crippen LogP contribution in [0.4, 0.5) is 0 Å². The number of rotatable bonds is 6. The van der Waals surface area contributed by atoms with Crippen LogP contribution in [0.2, 0.25) is 0 Å². The molecule has 1 aromatic rings. The first-order valence-corrected chi connectivity index (χ1v) is 5.67. The summed E-state index contributed by atoms with van der Waals surface area (Å²) in [6, 6.07) is 3.39. The molecule has 6 heteroatoms. The third kappa shape index (κ3) is 4.54. The molecule has 0 aliphatic carbocycles. The van der Waals surface area contributed by atoms with Crippen LogP contribution in [0.15, 0.2) is 23.1 Å². The Hall–Kier alpha value is -1.40. The molecule has 0 atom stereocenters. The topological polar surface area (TPSA) is 60.5 Å². The molecule has 0 fully saturated rings. The van der Waals surface area contributed by atoms with Gasteiger partial charge >= 0.3 is 0 Å². The Morgan fingerprint density at radius 1 is 1.59 bits per heavy atom. The van der Waals surface area contributed by atoms with Crippen molar-refractivity contribution in [2.45, 2.75) is 6.54 Å². The Morgan fingerprint density at radius 3 is 2.88 bits per heavy atom. The molecule has 0 unspecified atom stereocenters. The van der Waals surface area contributed by atoms with E-state index in [4.69, 9.17) is 22.7 Å². The summed E-state index contributed by atoms with van der Waals surface area (Å²) in [5.41, 5.74) is 5.20. The third-order valence-electron chi connectivity index (χ3n) is 2.11. The van der Waals surface area contributed by atoms with Crippen molar-refractivity contribution in [3.05, 3.63) is 28.7 Å². The highest BCUT2D eigenvalue weighted by atomic mass is 32.1. The van der Waals surface area contributed by atoms with Crippen LogP contribution in [0.3, 0.4) is 0 Å². The minimum absolute atomic E-state index is 0.209. The molecule has 1 heterocycles. The van der Waals surface area contributed by atoms with Crippen molar-refractivity contribution in [1.82, 2.24) is 9.47 Å². The fraction of sp³-hybridized carbons (Fsp3) is 0.455. The molecule has 17 heavy (non-hydrogen) atoms. The Morgan fingerprint density at radius 2 is 2.29 bits per heavy atom. The number of nitrogens with zero attached hydrogens (tertiary/aromatic N) is 2. The zero-order valence-corrected chi connectivity index (χ0v) is 10.9. The van der Waals surface area contributed by atoms with Crippen LogP contribution in [0.1, 0.15) is 0 Å². The van der Waals surface area contributed by atoms with E-state index in [1.807, 2.05) is 19.0 Å². The quantitative estimate of drug-likeness (QED) is 0.729. The lowest BCUT2D eigenvalue weighted by Gasteiger charge is -2.11. The predicted octanol–water partition coefficient (Wildman–Crippen LogP) is 0.0748. The van der Waals surface area contributed by atoms with Crippen molar-refractivity contribution in [2.24, 2.45) is 5.73 Å². The highest BCUT2D eigenvalue weighted by Gasteiger charge is 2.04. The van der Waals surface area contributed by atoms with Crippen molar-refractivity contribution >= 4 is 17.2 Å². The first kappa shape index (κ1) is 13.7. The van der Waals surface area contributed by atoms with Gasteiger partial charge in [0.25, 0.3) is 5.56 Å². The van der Waals surface area contributed by atoms with Gasteiger partial charge in [0, 0.05) is 12.7 Å². The molecule has 1 aromatic heterocycles. The van der Waals surface area contributed by atoms with E-state index in [0.29, 0.717) is 12.4 Å². The van der Waals surface area contributed by atoms with Crippen molar-refractivity contribution in [2.75, 3.05) is 27.2 Å². The summed E-state index contributed by atoms with van der Waals surface area (Å²) in [6.07, 6.45) is 1.64. The molecule has 94 valence electrons. The number of aromatic nitrogens is 1. The molecular formula is C11H17N3O2S. The maximum atomic E-state index is 11.9. The zero-order chi connectivity index (χ0) is 12.8. The van der Waals surface area contributed by atoms with E-state index in [1.54, 1.807) is 18.3 Å². The lowest BCUT2D eigenvalue weighted by Crippen LogP contribution is -2.28. The van der Waals surface area contributed by atoms with Crippen LogP contribution in [0.5, 0.6) is 5.75 Å². The zero-order valence-electron chi connectivity index (χ0n) is 10.0. The van der Waals surface area contributed by atoms with Gasteiger partial charge in [-0.25, -0.2) is 0 Å². The number of hydrogen-bond acceptors (Lipinski definition) is 4. The third-order valence-corrected chi connectivity index (χ3v) is 2.24. The monoisotopic (exact) mass is 255 g/mol. The molecule has 2 N–H and O–H groups in total. The van der Waals surface area contributed by atoms with Crippen LogP contribution in [0, 0.1) is 0 Å². The smallest absolute Gasteiger partial charge is 0.293 e. The number of thiocarbonyl (C=S) groups is 1. The Bertz CT molecular complexity index is 443. The van der Waals surface area contributed by atoms with Crippen LogP contribution >= 0.6 is 12.2 Å². The fourth-order valence-electron chi connectivity index (χ4n) is 1.26. The van der Waals surface area contributed by atoms with E-state index >= 15 is 0 Å². The number of hydrogen-bond donors (Lipinski definition) is 1. The highest BCUT2D eigenvalue weighted by molar-refractivity contribution is 7.80. The van der Waals surface area contributed by atoms with Crippen LogP contribution in [0.25, 0.3) is 0 Å². The van der Waals surface area contributed by atoms with Crippen molar-refractivity contribution in [1.29, 1.82) is 0 Å². The summed E-state index contributed by atoms with van der Waals surface area (Å²) < 4.78 is 6.85. The lowest BCUT2D eigenvalue weighted by molar-refractivity contribution is 0.257. The van der Waals surface area contributed by atoms with E-state index < -0.39 is 0 Å². The molecule has 5 nitrogen and oxygen atoms in total. The largest absolute Gasteiger partial charge is 0.487 e. The highest BCUT2D eigenvalue weighted by Crippen LogP contribution is 2.01. The molecule has 0 aliphatic heterocycles. The average Bonchev–Trinajstić information content (AvgIpc) is 2.22. The number of ether oxygens (including phenoxy) is 1. The van der Waals surface area contributed by atoms with Crippen molar-refractivity contribution in [3.63, 3.8) is 0 Å². The molecule has 0 radical (unpaired) electrons. The van der Waals surface area contributed by atoms with Crippen LogP contribution < -0.4 is 16.0 Å². The molecule has 1 rings (SSSR count). The van der Waals surface area contributed by atoms with Crippen molar-refractivity contribution in [3.8, 4) is 5.75 Å². The number of pyridine rings is 1. The van der Waals surface area contributed by atoms with Gasteiger partial charge in [0.1, 0.15) is 6.61 Å². The van der Waals surface area contributed by atoms with Gasteiger partial charge in [-0.15, -0.1) is 0 Å². The van der Waals surface area contributed by atoms with Crippen LogP contribution in [-0.4, -0.2) is 41.7 Å². The molecule has 0 saturated carbocycles. The molecule has 0 spiro atoms. The van der Waals surface area contributed by atoms with E-state index in [1.165, 1.54) is 4.57 Å². The normalized spacial score (nSPS) is 10.5. The SMILES string of the molecule is CN(C)CCOc1cccn(CC(N)=S)c1=O. The minimum atomic E-state index is -0.209. The van der Waals surface area contributed by atoms with Crippen LogP contribution in [-0.2, 0) is 6.54 Å². The van der Waals surface area contributed by atoms with Gasteiger partial charge < -0.3 is 19.9 Å². The Balaban J connectivity index is 2.73. The summed E-state index contributed by atoms with van der Waals surface area (Å²) in [4.78, 5) is 14.1. The Kier molecular flexibility index (Phi) is 5.11. The van der Waals surface area contributed by atoms with Gasteiger partial charge in [-0.05, 0) is 26.2 Å². The van der Waals surface area contributed by atoms with Gasteiger partial charge in [0.2, 0.25) is 0 Å². The first-order valence-electron chi connectivity index (χ1n) is 5.26. The standard InChI is InChI=1S/C11H17N3O2S/c1-13(2)6-7-16-9-4-3-5-14(11(9)15)8-10(12)17/h3-5H,6-8H2,1-2H3,(H2,12,17). The van der Waals surface area contributed by atoms with E-state index in [-0.39, 0.29) is 17.1 Å². The number of likely N-dealkylation sites (N-methyl/N-ethyl adjacent to an activating group) is 1. The molecule has 0 aromatic carbocycles. The first-order chi connectivity index (χ1) is 8.00. The second-order valence-electron chi connectivity index (χ2n) is 3.92. The molecular weight excluding hydrogens is 238 g/mol. The van der Waals surface area contributed by atoms with E-state index in [9.17, 15) is 4.79 Å². The van der Waals surface area contributed by atoms with Crippen molar-refractivity contribution < 1.29 is 4.74 Å². The summed E-state index contributed by atoms with van der Waals surface area (Å²) in [6.45, 7) is 1.46. The molecule has 0 bridgehead atoms. The average molecular weight is 255 g/mol. The summed E-state index contributed by atoms with van der Waals surface area (Å²) >= 11 is 4.77. The van der Waals surface area contributed by atoms with Gasteiger partial charge in [0.15, 0.2) is 5.75 Å². The predicted molar refractivity (Wildman–Crippen MR) is 71.5 cm³/mol. The minimum Gasteiger partial charge on any atom is -0.487 e. The number of nitrogens with two attached hydrogens (primary N) is 1. The second-order valence-corrected chi connectivity index (χ2v) is 4.45. The summed E-state index contributed by atoms with van der Waals surface area (Å²) in [5.74, 6) is 0.325. The van der Waals surface area contributed by atoms with E-state index in [2.05, 4.69) is 0 Å². The molecule has 0 aliphatic rings.